The molecule has 4 heteroatoms. The van der Waals surface area contributed by atoms with Crippen LogP contribution in [0.25, 0.3) is 0 Å². The number of hydrogen-bond donors (Lipinski definition) is 1. The largest absolute Gasteiger partial charge is 0.388 e. The third kappa shape index (κ3) is 2.75. The van der Waals surface area contributed by atoms with Crippen molar-refractivity contribution >= 4 is 21.6 Å². The van der Waals surface area contributed by atoms with E-state index in [0.29, 0.717) is 5.33 Å². The lowest BCUT2D eigenvalue weighted by atomic mass is 10.1. The van der Waals surface area contributed by atoms with Gasteiger partial charge in [0, 0.05) is 24.1 Å². The molecule has 1 aliphatic rings. The fourth-order valence-corrected chi connectivity index (χ4v) is 2.19. The predicted octanol–water partition coefficient (Wildman–Crippen LogP) is 1.95. The molecule has 1 aromatic carbocycles. The van der Waals surface area contributed by atoms with E-state index >= 15 is 0 Å². The molecule has 0 spiro atoms. The van der Waals surface area contributed by atoms with Crippen molar-refractivity contribution in [3.63, 3.8) is 0 Å². The van der Waals surface area contributed by atoms with E-state index in [9.17, 15) is 5.11 Å². The van der Waals surface area contributed by atoms with E-state index in [1.807, 2.05) is 12.1 Å². The molecule has 0 amide bonds. The topological polar surface area (TPSA) is 32.7 Å². The summed E-state index contributed by atoms with van der Waals surface area (Å²) >= 11 is 3.27. The zero-order valence-corrected chi connectivity index (χ0v) is 10.7. The summed E-state index contributed by atoms with van der Waals surface area (Å²) in [5.74, 6) is 0. The van der Waals surface area contributed by atoms with Gasteiger partial charge in [0.05, 0.1) is 19.3 Å². The first kappa shape index (κ1) is 11.9. The summed E-state index contributed by atoms with van der Waals surface area (Å²) in [6.07, 6.45) is -0.418. The van der Waals surface area contributed by atoms with Gasteiger partial charge in [0.15, 0.2) is 0 Å². The minimum Gasteiger partial charge on any atom is -0.388 e. The van der Waals surface area contributed by atoms with Crippen LogP contribution in [0.4, 0.5) is 5.69 Å². The molecule has 0 radical (unpaired) electrons. The molecular formula is C12H16BrNO2. The molecule has 1 atom stereocenters. The third-order valence-electron chi connectivity index (χ3n) is 2.80. The van der Waals surface area contributed by atoms with E-state index in [0.717, 1.165) is 31.9 Å². The highest BCUT2D eigenvalue weighted by Gasteiger charge is 2.11. The molecule has 0 aliphatic carbocycles. The number of morpholine rings is 1. The van der Waals surface area contributed by atoms with Crippen LogP contribution in [0.5, 0.6) is 0 Å². The monoisotopic (exact) mass is 285 g/mol. The van der Waals surface area contributed by atoms with E-state index in [1.165, 1.54) is 5.69 Å². The third-order valence-corrected chi connectivity index (χ3v) is 3.41. The Morgan fingerprint density at radius 2 is 1.88 bits per heavy atom. The van der Waals surface area contributed by atoms with Crippen LogP contribution in [0.3, 0.4) is 0 Å². The molecule has 0 aromatic heterocycles. The van der Waals surface area contributed by atoms with Crippen LogP contribution >= 0.6 is 15.9 Å². The lowest BCUT2D eigenvalue weighted by molar-refractivity contribution is 0.122. The van der Waals surface area contributed by atoms with Crippen molar-refractivity contribution in [3.05, 3.63) is 29.8 Å². The number of benzene rings is 1. The maximum Gasteiger partial charge on any atom is 0.0886 e. The molecule has 1 fully saturated rings. The van der Waals surface area contributed by atoms with E-state index in [-0.39, 0.29) is 0 Å². The first-order valence-corrected chi connectivity index (χ1v) is 6.60. The average molecular weight is 286 g/mol. The molecule has 1 unspecified atom stereocenters. The van der Waals surface area contributed by atoms with Crippen LogP contribution in [0.1, 0.15) is 11.7 Å². The maximum absolute atomic E-state index is 9.65. The molecular weight excluding hydrogens is 270 g/mol. The molecule has 1 N–H and O–H groups in total. The molecule has 2 rings (SSSR count). The number of rotatable bonds is 3. The normalized spacial score (nSPS) is 18.5. The van der Waals surface area contributed by atoms with Gasteiger partial charge in [-0.05, 0) is 17.7 Å². The van der Waals surface area contributed by atoms with Crippen molar-refractivity contribution in [1.82, 2.24) is 0 Å². The van der Waals surface area contributed by atoms with Gasteiger partial charge in [0.25, 0.3) is 0 Å². The van der Waals surface area contributed by atoms with E-state index in [4.69, 9.17) is 4.74 Å². The second-order valence-corrected chi connectivity index (χ2v) is 4.51. The summed E-state index contributed by atoms with van der Waals surface area (Å²) in [5, 5.41) is 10.2. The standard InChI is InChI=1S/C12H16BrNO2/c13-9-12(15)10-1-3-11(4-2-10)14-5-7-16-8-6-14/h1-4,12,15H,5-9H2. The van der Waals surface area contributed by atoms with Crippen LogP contribution in [0.2, 0.25) is 0 Å². The van der Waals surface area contributed by atoms with Gasteiger partial charge >= 0.3 is 0 Å². The Kier molecular flexibility index (Phi) is 4.21. The number of alkyl halides is 1. The van der Waals surface area contributed by atoms with Crippen molar-refractivity contribution in [3.8, 4) is 0 Å². The van der Waals surface area contributed by atoms with Gasteiger partial charge in [0.2, 0.25) is 0 Å². The second-order valence-electron chi connectivity index (χ2n) is 3.86. The minimum atomic E-state index is -0.418. The average Bonchev–Trinajstić information content (AvgIpc) is 2.39. The molecule has 1 aromatic rings. The number of aliphatic hydroxyl groups excluding tert-OH is 1. The lowest BCUT2D eigenvalue weighted by Gasteiger charge is -2.29. The summed E-state index contributed by atoms with van der Waals surface area (Å²) < 4.78 is 5.31. The highest BCUT2D eigenvalue weighted by molar-refractivity contribution is 9.09. The van der Waals surface area contributed by atoms with Gasteiger partial charge in [-0.3, -0.25) is 0 Å². The SMILES string of the molecule is OC(CBr)c1ccc(N2CCOCC2)cc1. The van der Waals surface area contributed by atoms with Gasteiger partial charge in [-0.1, -0.05) is 28.1 Å². The van der Waals surface area contributed by atoms with Crippen molar-refractivity contribution < 1.29 is 9.84 Å². The Morgan fingerprint density at radius 1 is 1.25 bits per heavy atom. The molecule has 16 heavy (non-hydrogen) atoms. The summed E-state index contributed by atoms with van der Waals surface area (Å²) in [6.45, 7) is 3.48. The molecule has 0 saturated carbocycles. The van der Waals surface area contributed by atoms with Crippen molar-refractivity contribution in [2.75, 3.05) is 36.5 Å². The van der Waals surface area contributed by atoms with Crippen molar-refractivity contribution in [1.29, 1.82) is 0 Å². The maximum atomic E-state index is 9.65. The molecule has 1 aliphatic heterocycles. The number of hydrogen-bond acceptors (Lipinski definition) is 3. The van der Waals surface area contributed by atoms with Gasteiger partial charge < -0.3 is 14.7 Å². The van der Waals surface area contributed by atoms with Gasteiger partial charge in [-0.25, -0.2) is 0 Å². The molecule has 88 valence electrons. The number of aliphatic hydroxyl groups is 1. The Hall–Kier alpha value is -0.580. The smallest absolute Gasteiger partial charge is 0.0886 e. The molecule has 1 saturated heterocycles. The Balaban J connectivity index is 2.06. The quantitative estimate of drug-likeness (QED) is 0.862. The van der Waals surface area contributed by atoms with Crippen LogP contribution in [0, 0.1) is 0 Å². The van der Waals surface area contributed by atoms with Crippen molar-refractivity contribution in [2.24, 2.45) is 0 Å². The fourth-order valence-electron chi connectivity index (χ4n) is 1.82. The van der Waals surface area contributed by atoms with Crippen LogP contribution in [0.15, 0.2) is 24.3 Å². The molecule has 1 heterocycles. The predicted molar refractivity (Wildman–Crippen MR) is 68.2 cm³/mol. The highest BCUT2D eigenvalue weighted by Crippen LogP contribution is 2.21. The van der Waals surface area contributed by atoms with E-state index < -0.39 is 6.10 Å². The highest BCUT2D eigenvalue weighted by atomic mass is 79.9. The number of nitrogens with zero attached hydrogens (tertiary/aromatic N) is 1. The lowest BCUT2D eigenvalue weighted by Crippen LogP contribution is -2.36. The zero-order chi connectivity index (χ0) is 11.4. The van der Waals surface area contributed by atoms with Crippen LogP contribution in [-0.4, -0.2) is 36.7 Å². The summed E-state index contributed by atoms with van der Waals surface area (Å²) in [6, 6.07) is 8.09. The Labute approximate surface area is 104 Å². The van der Waals surface area contributed by atoms with Gasteiger partial charge in [-0.2, -0.15) is 0 Å². The van der Waals surface area contributed by atoms with E-state index in [2.05, 4.69) is 33.0 Å². The summed E-state index contributed by atoms with van der Waals surface area (Å²) in [5.41, 5.74) is 2.16. The zero-order valence-electron chi connectivity index (χ0n) is 9.10. The first-order valence-electron chi connectivity index (χ1n) is 5.48. The van der Waals surface area contributed by atoms with Crippen molar-refractivity contribution in [2.45, 2.75) is 6.10 Å². The van der Waals surface area contributed by atoms with E-state index in [1.54, 1.807) is 0 Å². The van der Waals surface area contributed by atoms with Crippen LogP contribution < -0.4 is 4.90 Å². The number of anilines is 1. The summed E-state index contributed by atoms with van der Waals surface area (Å²) in [4.78, 5) is 2.30. The minimum absolute atomic E-state index is 0.418. The summed E-state index contributed by atoms with van der Waals surface area (Å²) in [7, 11) is 0. The van der Waals surface area contributed by atoms with Gasteiger partial charge in [-0.15, -0.1) is 0 Å². The molecule has 3 nitrogen and oxygen atoms in total. The number of halogens is 1. The Morgan fingerprint density at radius 3 is 2.44 bits per heavy atom. The van der Waals surface area contributed by atoms with Gasteiger partial charge in [0.1, 0.15) is 0 Å². The van der Waals surface area contributed by atoms with Crippen LogP contribution in [-0.2, 0) is 4.74 Å². The molecule has 0 bridgehead atoms. The second kappa shape index (κ2) is 5.66. The Bertz CT molecular complexity index is 322. The fraction of sp³-hybridized carbons (Fsp3) is 0.500. The first-order chi connectivity index (χ1) is 7.81. The number of ether oxygens (including phenoxy) is 1.